The molecule has 18 heavy (non-hydrogen) atoms. The predicted molar refractivity (Wildman–Crippen MR) is 76.1 cm³/mol. The fraction of sp³-hybridized carbons (Fsp3) is 0.308. The average molecular weight is 310 g/mol. The zero-order valence-corrected chi connectivity index (χ0v) is 12.1. The number of hydrogen-bond acceptors (Lipinski definition) is 3. The molecule has 0 saturated heterocycles. The molecule has 0 atom stereocenters. The second-order valence-electron chi connectivity index (χ2n) is 3.97. The Balaban J connectivity index is 1.94. The highest BCUT2D eigenvalue weighted by Crippen LogP contribution is 2.24. The number of aromatic nitrogens is 2. The third-order valence-corrected chi connectivity index (χ3v) is 3.17. The quantitative estimate of drug-likeness (QED) is 0.922. The lowest BCUT2D eigenvalue weighted by Crippen LogP contribution is -2.11. The van der Waals surface area contributed by atoms with Gasteiger partial charge >= 0.3 is 0 Å². The van der Waals surface area contributed by atoms with Gasteiger partial charge in [-0.05, 0) is 19.1 Å². The summed E-state index contributed by atoms with van der Waals surface area (Å²) in [7, 11) is 1.67. The van der Waals surface area contributed by atoms with Gasteiger partial charge in [0.1, 0.15) is 11.6 Å². The molecule has 0 spiro atoms. The Bertz CT molecular complexity index is 525. The molecule has 96 valence electrons. The highest BCUT2D eigenvalue weighted by molar-refractivity contribution is 9.10. The second-order valence-corrected chi connectivity index (χ2v) is 4.89. The van der Waals surface area contributed by atoms with Crippen LogP contribution in [0.25, 0.3) is 0 Å². The molecule has 1 N–H and O–H groups in total. The van der Waals surface area contributed by atoms with E-state index >= 15 is 0 Å². The smallest absolute Gasteiger partial charge is 0.122 e. The van der Waals surface area contributed by atoms with Crippen molar-refractivity contribution in [3.63, 3.8) is 0 Å². The number of anilines is 1. The molecule has 0 saturated carbocycles. The van der Waals surface area contributed by atoms with Crippen LogP contribution in [-0.4, -0.2) is 23.2 Å². The van der Waals surface area contributed by atoms with Crippen LogP contribution in [0.15, 0.2) is 35.1 Å². The normalized spacial score (nSPS) is 10.4. The molecule has 1 aromatic heterocycles. The van der Waals surface area contributed by atoms with Gasteiger partial charge < -0.3 is 14.6 Å². The van der Waals surface area contributed by atoms with Crippen LogP contribution in [0.3, 0.4) is 0 Å². The summed E-state index contributed by atoms with van der Waals surface area (Å²) in [6.07, 6.45) is 3.80. The minimum atomic E-state index is 0.839. The van der Waals surface area contributed by atoms with Crippen molar-refractivity contribution in [1.82, 2.24) is 9.55 Å². The number of nitrogens with one attached hydrogen (secondary N) is 1. The number of benzene rings is 1. The molecule has 4 nitrogen and oxygen atoms in total. The van der Waals surface area contributed by atoms with E-state index in [9.17, 15) is 0 Å². The molecular formula is C13H16BrN3O. The van der Waals surface area contributed by atoms with Crippen LogP contribution >= 0.6 is 15.9 Å². The van der Waals surface area contributed by atoms with E-state index in [2.05, 4.69) is 30.8 Å². The van der Waals surface area contributed by atoms with Gasteiger partial charge in [0.05, 0.1) is 7.11 Å². The molecule has 0 fully saturated rings. The standard InChI is InChI=1S/C13H16BrN3O/c1-10-15-3-5-17(10)6-4-16-12-7-11(14)8-13(9-12)18-2/h3,5,7-9,16H,4,6H2,1-2H3. The third kappa shape index (κ3) is 3.26. The summed E-state index contributed by atoms with van der Waals surface area (Å²) in [5.41, 5.74) is 1.04. The van der Waals surface area contributed by atoms with Crippen molar-refractivity contribution in [1.29, 1.82) is 0 Å². The van der Waals surface area contributed by atoms with Crippen molar-refractivity contribution in [3.8, 4) is 5.75 Å². The van der Waals surface area contributed by atoms with Crippen LogP contribution in [-0.2, 0) is 6.54 Å². The number of methoxy groups -OCH3 is 1. The highest BCUT2D eigenvalue weighted by Gasteiger charge is 2.00. The molecule has 0 amide bonds. The van der Waals surface area contributed by atoms with Crippen molar-refractivity contribution >= 4 is 21.6 Å². The molecule has 0 unspecified atom stereocenters. The van der Waals surface area contributed by atoms with E-state index in [0.717, 1.165) is 34.8 Å². The number of imidazole rings is 1. The SMILES string of the molecule is COc1cc(Br)cc(NCCn2ccnc2C)c1. The topological polar surface area (TPSA) is 39.1 Å². The monoisotopic (exact) mass is 309 g/mol. The van der Waals surface area contributed by atoms with E-state index in [-0.39, 0.29) is 0 Å². The Kier molecular flexibility index (Phi) is 4.25. The summed E-state index contributed by atoms with van der Waals surface area (Å²) in [4.78, 5) is 4.19. The highest BCUT2D eigenvalue weighted by atomic mass is 79.9. The number of rotatable bonds is 5. The maximum atomic E-state index is 5.22. The number of halogens is 1. The molecule has 1 aromatic carbocycles. The van der Waals surface area contributed by atoms with Crippen molar-refractivity contribution in [2.24, 2.45) is 0 Å². The first-order chi connectivity index (χ1) is 8.69. The third-order valence-electron chi connectivity index (χ3n) is 2.71. The molecular weight excluding hydrogens is 294 g/mol. The fourth-order valence-corrected chi connectivity index (χ4v) is 2.22. The molecule has 2 aromatic rings. The predicted octanol–water partition coefficient (Wildman–Crippen LogP) is 3.07. The molecule has 0 bridgehead atoms. The van der Waals surface area contributed by atoms with Gasteiger partial charge in [0.2, 0.25) is 0 Å². The first-order valence-corrected chi connectivity index (χ1v) is 6.54. The van der Waals surface area contributed by atoms with Crippen molar-refractivity contribution < 1.29 is 4.74 Å². The summed E-state index contributed by atoms with van der Waals surface area (Å²) in [5, 5.41) is 3.37. The van der Waals surface area contributed by atoms with Gasteiger partial charge in [0.15, 0.2) is 0 Å². The van der Waals surface area contributed by atoms with E-state index in [1.165, 1.54) is 0 Å². The van der Waals surface area contributed by atoms with Crippen LogP contribution in [0.4, 0.5) is 5.69 Å². The van der Waals surface area contributed by atoms with Gasteiger partial charge in [-0.25, -0.2) is 4.98 Å². The first kappa shape index (κ1) is 13.0. The van der Waals surface area contributed by atoms with Crippen molar-refractivity contribution in [2.45, 2.75) is 13.5 Å². The molecule has 1 heterocycles. The Morgan fingerprint density at radius 3 is 2.89 bits per heavy atom. The number of hydrogen-bond donors (Lipinski definition) is 1. The molecule has 2 rings (SSSR count). The van der Waals surface area contributed by atoms with E-state index in [1.807, 2.05) is 37.5 Å². The van der Waals surface area contributed by atoms with Crippen LogP contribution in [0, 0.1) is 6.92 Å². The van der Waals surface area contributed by atoms with Gasteiger partial charge in [-0.15, -0.1) is 0 Å². The fourth-order valence-electron chi connectivity index (χ4n) is 1.74. The Morgan fingerprint density at radius 2 is 2.22 bits per heavy atom. The van der Waals surface area contributed by atoms with Crippen LogP contribution < -0.4 is 10.1 Å². The molecule has 0 aliphatic rings. The molecule has 0 radical (unpaired) electrons. The van der Waals surface area contributed by atoms with Crippen LogP contribution in [0.5, 0.6) is 5.75 Å². The molecule has 0 aliphatic carbocycles. The van der Waals surface area contributed by atoms with Gasteiger partial charge in [0, 0.05) is 41.7 Å². The molecule has 0 aliphatic heterocycles. The lowest BCUT2D eigenvalue weighted by molar-refractivity contribution is 0.414. The van der Waals surface area contributed by atoms with E-state index < -0.39 is 0 Å². The lowest BCUT2D eigenvalue weighted by Gasteiger charge is -2.10. The number of ether oxygens (including phenoxy) is 1. The van der Waals surface area contributed by atoms with Gasteiger partial charge in [-0.2, -0.15) is 0 Å². The zero-order valence-electron chi connectivity index (χ0n) is 10.5. The zero-order chi connectivity index (χ0) is 13.0. The summed E-state index contributed by atoms with van der Waals surface area (Å²) in [5.74, 6) is 1.87. The van der Waals surface area contributed by atoms with Crippen molar-refractivity contribution in [3.05, 3.63) is 40.9 Å². The van der Waals surface area contributed by atoms with E-state index in [0.29, 0.717) is 0 Å². The Hall–Kier alpha value is -1.49. The second kappa shape index (κ2) is 5.91. The summed E-state index contributed by atoms with van der Waals surface area (Å²) in [6, 6.07) is 5.94. The van der Waals surface area contributed by atoms with E-state index in [4.69, 9.17) is 4.74 Å². The summed E-state index contributed by atoms with van der Waals surface area (Å²) < 4.78 is 8.34. The lowest BCUT2D eigenvalue weighted by atomic mass is 10.3. The minimum Gasteiger partial charge on any atom is -0.497 e. The summed E-state index contributed by atoms with van der Waals surface area (Å²) >= 11 is 3.46. The Morgan fingerprint density at radius 1 is 1.39 bits per heavy atom. The van der Waals surface area contributed by atoms with Gasteiger partial charge in [-0.3, -0.25) is 0 Å². The minimum absolute atomic E-state index is 0.839. The summed E-state index contributed by atoms with van der Waals surface area (Å²) in [6.45, 7) is 3.74. The average Bonchev–Trinajstić information content (AvgIpc) is 2.74. The van der Waals surface area contributed by atoms with Gasteiger partial charge in [0.25, 0.3) is 0 Å². The number of nitrogens with zero attached hydrogens (tertiary/aromatic N) is 2. The molecule has 5 heteroatoms. The van der Waals surface area contributed by atoms with Crippen LogP contribution in [0.1, 0.15) is 5.82 Å². The van der Waals surface area contributed by atoms with Crippen LogP contribution in [0.2, 0.25) is 0 Å². The maximum Gasteiger partial charge on any atom is 0.122 e. The first-order valence-electron chi connectivity index (χ1n) is 5.75. The maximum absolute atomic E-state index is 5.22. The van der Waals surface area contributed by atoms with Gasteiger partial charge in [-0.1, -0.05) is 15.9 Å². The van der Waals surface area contributed by atoms with Crippen molar-refractivity contribution in [2.75, 3.05) is 19.0 Å². The Labute approximate surface area is 115 Å². The largest absolute Gasteiger partial charge is 0.497 e. The number of aryl methyl sites for hydroxylation is 1. The van der Waals surface area contributed by atoms with E-state index in [1.54, 1.807) is 7.11 Å².